The van der Waals surface area contributed by atoms with Crippen molar-refractivity contribution in [2.45, 2.75) is 6.42 Å². The topological polar surface area (TPSA) is 83.7 Å². The minimum atomic E-state index is -1.15. The van der Waals surface area contributed by atoms with Crippen LogP contribution < -0.4 is 5.32 Å². The maximum atomic E-state index is 12.1. The smallest absolute Gasteiger partial charge is 0.337 e. The number of anilines is 1. The van der Waals surface area contributed by atoms with Crippen LogP contribution in [-0.2, 0) is 11.2 Å². The monoisotopic (exact) mass is 329 g/mol. The maximum absolute atomic E-state index is 12.1. The normalized spacial score (nSPS) is 10.7. The summed E-state index contributed by atoms with van der Waals surface area (Å²) in [5, 5.41) is 11.8. The van der Waals surface area contributed by atoms with Crippen LogP contribution in [0.1, 0.15) is 16.1 Å². The molecule has 0 radical (unpaired) electrons. The van der Waals surface area contributed by atoms with Crippen LogP contribution in [0.25, 0.3) is 5.65 Å². The first-order valence-corrected chi connectivity index (χ1v) is 7.16. The largest absolute Gasteiger partial charge is 0.478 e. The standard InChI is InChI=1S/C16H12ClN3O3/c17-13-5-4-10(7-12(13)16(22)23)19-15(21)8-11-9-20-6-2-1-3-14(20)18-11/h1-7,9H,8H2,(H,19,21)(H,22,23). The Kier molecular flexibility index (Phi) is 3.99. The van der Waals surface area contributed by atoms with Gasteiger partial charge in [-0.15, -0.1) is 0 Å². The molecule has 0 saturated heterocycles. The zero-order valence-corrected chi connectivity index (χ0v) is 12.6. The fourth-order valence-corrected chi connectivity index (χ4v) is 2.41. The van der Waals surface area contributed by atoms with Gasteiger partial charge < -0.3 is 14.8 Å². The molecule has 0 atom stereocenters. The number of fused-ring (bicyclic) bond motifs is 1. The van der Waals surface area contributed by atoms with Crippen molar-refractivity contribution < 1.29 is 14.7 Å². The van der Waals surface area contributed by atoms with Crippen molar-refractivity contribution in [3.05, 3.63) is 65.1 Å². The van der Waals surface area contributed by atoms with Crippen molar-refractivity contribution in [2.75, 3.05) is 5.32 Å². The number of carbonyl (C=O) groups excluding carboxylic acids is 1. The lowest BCUT2D eigenvalue weighted by Gasteiger charge is -2.06. The molecule has 0 aliphatic heterocycles. The second-order valence-electron chi connectivity index (χ2n) is 4.92. The van der Waals surface area contributed by atoms with Crippen molar-refractivity contribution in [1.29, 1.82) is 0 Å². The molecular weight excluding hydrogens is 318 g/mol. The van der Waals surface area contributed by atoms with E-state index in [0.717, 1.165) is 5.65 Å². The summed E-state index contributed by atoms with van der Waals surface area (Å²) < 4.78 is 1.83. The average molecular weight is 330 g/mol. The summed E-state index contributed by atoms with van der Waals surface area (Å²) in [6.45, 7) is 0. The summed E-state index contributed by atoms with van der Waals surface area (Å²) in [7, 11) is 0. The first kappa shape index (κ1) is 15.1. The third-order valence-electron chi connectivity index (χ3n) is 3.24. The molecule has 2 N–H and O–H groups in total. The zero-order chi connectivity index (χ0) is 16.4. The number of pyridine rings is 1. The number of amides is 1. The van der Waals surface area contributed by atoms with Gasteiger partial charge in [0.25, 0.3) is 0 Å². The molecule has 0 fully saturated rings. The number of rotatable bonds is 4. The van der Waals surface area contributed by atoms with Crippen molar-refractivity contribution in [3.63, 3.8) is 0 Å². The molecule has 0 spiro atoms. The molecule has 7 heteroatoms. The molecule has 2 aromatic heterocycles. The van der Waals surface area contributed by atoms with Crippen molar-refractivity contribution >= 4 is 34.8 Å². The second kappa shape index (κ2) is 6.10. The van der Waals surface area contributed by atoms with E-state index in [1.807, 2.05) is 28.8 Å². The molecule has 23 heavy (non-hydrogen) atoms. The minimum Gasteiger partial charge on any atom is -0.478 e. The third kappa shape index (κ3) is 3.32. The van der Waals surface area contributed by atoms with Crippen molar-refractivity contribution in [2.24, 2.45) is 0 Å². The molecule has 116 valence electrons. The lowest BCUT2D eigenvalue weighted by atomic mass is 10.2. The molecule has 1 amide bonds. The first-order chi connectivity index (χ1) is 11.0. The fourth-order valence-electron chi connectivity index (χ4n) is 2.21. The average Bonchev–Trinajstić information content (AvgIpc) is 2.90. The Morgan fingerprint density at radius 2 is 2.09 bits per heavy atom. The SMILES string of the molecule is O=C(Cc1cn2ccccc2n1)Nc1ccc(Cl)c(C(=O)O)c1. The van der Waals surface area contributed by atoms with Crippen LogP contribution in [-0.4, -0.2) is 26.4 Å². The molecule has 3 aromatic rings. The predicted molar refractivity (Wildman–Crippen MR) is 85.9 cm³/mol. The predicted octanol–water partition coefficient (Wildman–Crippen LogP) is 2.87. The van der Waals surface area contributed by atoms with Gasteiger partial charge in [-0.05, 0) is 30.3 Å². The van der Waals surface area contributed by atoms with Crippen LogP contribution in [0.15, 0.2) is 48.8 Å². The van der Waals surface area contributed by atoms with Crippen LogP contribution in [0, 0.1) is 0 Å². The van der Waals surface area contributed by atoms with E-state index in [4.69, 9.17) is 16.7 Å². The number of hydrogen-bond donors (Lipinski definition) is 2. The molecule has 0 aliphatic carbocycles. The summed E-state index contributed by atoms with van der Waals surface area (Å²) in [6.07, 6.45) is 3.72. The quantitative estimate of drug-likeness (QED) is 0.771. The van der Waals surface area contributed by atoms with Crippen LogP contribution in [0.2, 0.25) is 5.02 Å². The molecule has 0 unspecified atom stereocenters. The Bertz CT molecular complexity index is 871. The van der Waals surface area contributed by atoms with Gasteiger partial charge in [-0.25, -0.2) is 9.78 Å². The van der Waals surface area contributed by atoms with Gasteiger partial charge in [0, 0.05) is 18.1 Å². The number of nitrogens with one attached hydrogen (secondary N) is 1. The number of halogens is 1. The Labute approximate surface area is 136 Å². The number of carboxylic acid groups (broad SMARTS) is 1. The number of aromatic carboxylic acids is 1. The number of imidazole rings is 1. The van der Waals surface area contributed by atoms with Gasteiger partial charge in [-0.2, -0.15) is 0 Å². The molecule has 0 aliphatic rings. The highest BCUT2D eigenvalue weighted by Gasteiger charge is 2.12. The Morgan fingerprint density at radius 1 is 1.26 bits per heavy atom. The minimum absolute atomic E-state index is 0.0582. The van der Waals surface area contributed by atoms with Crippen LogP contribution in [0.4, 0.5) is 5.69 Å². The molecule has 2 heterocycles. The molecule has 3 rings (SSSR count). The fraction of sp³-hybridized carbons (Fsp3) is 0.0625. The number of nitrogens with zero attached hydrogens (tertiary/aromatic N) is 2. The van der Waals surface area contributed by atoms with E-state index in [1.165, 1.54) is 12.1 Å². The Morgan fingerprint density at radius 3 is 2.83 bits per heavy atom. The molecule has 6 nitrogen and oxygen atoms in total. The van der Waals surface area contributed by atoms with E-state index < -0.39 is 5.97 Å². The van der Waals surface area contributed by atoms with Crippen molar-refractivity contribution in [3.8, 4) is 0 Å². The lowest BCUT2D eigenvalue weighted by molar-refractivity contribution is -0.115. The molecule has 0 bridgehead atoms. The number of carboxylic acids is 1. The summed E-state index contributed by atoms with van der Waals surface area (Å²) in [6, 6.07) is 9.90. The van der Waals surface area contributed by atoms with Gasteiger partial charge in [0.1, 0.15) is 5.65 Å². The van der Waals surface area contributed by atoms with Crippen LogP contribution in [0.3, 0.4) is 0 Å². The first-order valence-electron chi connectivity index (χ1n) is 6.78. The lowest BCUT2D eigenvalue weighted by Crippen LogP contribution is -2.15. The number of aromatic nitrogens is 2. The van der Waals surface area contributed by atoms with E-state index in [-0.39, 0.29) is 22.9 Å². The molecule has 1 aromatic carbocycles. The third-order valence-corrected chi connectivity index (χ3v) is 3.57. The van der Waals surface area contributed by atoms with E-state index in [1.54, 1.807) is 12.3 Å². The Hall–Kier alpha value is -2.86. The highest BCUT2D eigenvalue weighted by molar-refractivity contribution is 6.33. The van der Waals surface area contributed by atoms with Crippen LogP contribution in [0.5, 0.6) is 0 Å². The van der Waals surface area contributed by atoms with Crippen LogP contribution >= 0.6 is 11.6 Å². The summed E-state index contributed by atoms with van der Waals surface area (Å²) in [4.78, 5) is 27.5. The summed E-state index contributed by atoms with van der Waals surface area (Å²) in [5.74, 6) is -1.43. The van der Waals surface area contributed by atoms with Gasteiger partial charge >= 0.3 is 5.97 Å². The van der Waals surface area contributed by atoms with Gasteiger partial charge in [0.05, 0.1) is 22.7 Å². The molecule has 0 saturated carbocycles. The Balaban J connectivity index is 1.74. The van der Waals surface area contributed by atoms with E-state index in [9.17, 15) is 9.59 Å². The number of benzene rings is 1. The van der Waals surface area contributed by atoms with Gasteiger partial charge in [0.2, 0.25) is 5.91 Å². The van der Waals surface area contributed by atoms with E-state index in [0.29, 0.717) is 11.4 Å². The number of hydrogen-bond acceptors (Lipinski definition) is 3. The maximum Gasteiger partial charge on any atom is 0.337 e. The van der Waals surface area contributed by atoms with E-state index in [2.05, 4.69) is 10.3 Å². The van der Waals surface area contributed by atoms with E-state index >= 15 is 0 Å². The summed E-state index contributed by atoms with van der Waals surface area (Å²) >= 11 is 5.80. The van der Waals surface area contributed by atoms with Gasteiger partial charge in [-0.3, -0.25) is 4.79 Å². The second-order valence-corrected chi connectivity index (χ2v) is 5.33. The highest BCUT2D eigenvalue weighted by atomic mass is 35.5. The summed E-state index contributed by atoms with van der Waals surface area (Å²) in [5.41, 5.74) is 1.70. The molecular formula is C16H12ClN3O3. The highest BCUT2D eigenvalue weighted by Crippen LogP contribution is 2.20. The van der Waals surface area contributed by atoms with Crippen molar-refractivity contribution in [1.82, 2.24) is 9.38 Å². The van der Waals surface area contributed by atoms with Gasteiger partial charge in [-0.1, -0.05) is 17.7 Å². The number of carbonyl (C=O) groups is 2. The van der Waals surface area contributed by atoms with Gasteiger partial charge in [0.15, 0.2) is 0 Å². The zero-order valence-electron chi connectivity index (χ0n) is 11.9.